The fraction of sp³-hybridized carbons (Fsp3) is 0.714. The van der Waals surface area contributed by atoms with Gasteiger partial charge in [0.2, 0.25) is 0 Å². The molecule has 0 bridgehead atoms. The summed E-state index contributed by atoms with van der Waals surface area (Å²) in [5, 5.41) is 0. The summed E-state index contributed by atoms with van der Waals surface area (Å²) in [6.45, 7) is 4.00. The van der Waals surface area contributed by atoms with Gasteiger partial charge < -0.3 is 11.2 Å². The van der Waals surface area contributed by atoms with Crippen molar-refractivity contribution in [3.8, 4) is 0 Å². The van der Waals surface area contributed by atoms with E-state index in [9.17, 15) is 4.79 Å². The molecule has 9 heavy (non-hydrogen) atoms. The van der Waals surface area contributed by atoms with Crippen LogP contribution in [0.15, 0.2) is 0 Å². The molecule has 0 N–H and O–H groups in total. The van der Waals surface area contributed by atoms with E-state index >= 15 is 0 Å². The van der Waals surface area contributed by atoms with E-state index in [1.54, 1.807) is 6.42 Å². The molecule has 0 saturated carbocycles. The van der Waals surface area contributed by atoms with Gasteiger partial charge in [0.25, 0.3) is 0 Å². The third-order valence-corrected chi connectivity index (χ3v) is 0.928. The summed E-state index contributed by atoms with van der Waals surface area (Å²) in [5.41, 5.74) is 0. The molecule has 0 saturated heterocycles. The average molecular weight is 202 g/mol. The van der Waals surface area contributed by atoms with Crippen molar-refractivity contribution >= 4 is 5.78 Å². The molecule has 0 spiro atoms. The number of hydrogen-bond acceptors (Lipinski definition) is 1. The molecule has 0 atom stereocenters. The van der Waals surface area contributed by atoms with Crippen molar-refractivity contribution in [2.75, 3.05) is 0 Å². The van der Waals surface area contributed by atoms with E-state index in [1.165, 1.54) is 0 Å². The van der Waals surface area contributed by atoms with Crippen molar-refractivity contribution < 1.29 is 37.5 Å². The molecular formula is C7H13OY-. The number of rotatable bonds is 4. The zero-order chi connectivity index (χ0) is 6.41. The van der Waals surface area contributed by atoms with E-state index in [4.69, 9.17) is 0 Å². The van der Waals surface area contributed by atoms with Gasteiger partial charge in [-0.15, -0.1) is 0 Å². The van der Waals surface area contributed by atoms with Gasteiger partial charge in [-0.1, -0.05) is 20.3 Å². The molecular weight excluding hydrogens is 189 g/mol. The third-order valence-electron chi connectivity index (χ3n) is 0.928. The Morgan fingerprint density at radius 3 is 2.33 bits per heavy atom. The number of carbonyl (C=O) groups excluding carboxylic acids is 1. The Morgan fingerprint density at radius 2 is 2.00 bits per heavy atom. The smallest absolute Gasteiger partial charge is 0 e. The van der Waals surface area contributed by atoms with Crippen LogP contribution in [0.25, 0.3) is 0 Å². The van der Waals surface area contributed by atoms with Crippen molar-refractivity contribution in [3.63, 3.8) is 0 Å². The van der Waals surface area contributed by atoms with E-state index < -0.39 is 0 Å². The third kappa shape index (κ3) is 8.64. The minimum atomic E-state index is 0. The largest absolute Gasteiger partial charge is 0.334 e. The van der Waals surface area contributed by atoms with Crippen LogP contribution in [0.1, 0.15) is 33.1 Å². The Morgan fingerprint density at radius 1 is 1.44 bits per heavy atom. The van der Waals surface area contributed by atoms with Crippen LogP contribution in [0.4, 0.5) is 0 Å². The summed E-state index contributed by atoms with van der Waals surface area (Å²) >= 11 is 0. The zero-order valence-electron chi connectivity index (χ0n) is 6.18. The van der Waals surface area contributed by atoms with Gasteiger partial charge in [-0.25, -0.2) is 0 Å². The molecule has 0 aliphatic carbocycles. The van der Waals surface area contributed by atoms with E-state index in [-0.39, 0.29) is 38.5 Å². The first-order valence-electron chi connectivity index (χ1n) is 3.17. The molecule has 0 unspecified atom stereocenters. The normalized spacial score (nSPS) is 7.78. The maximum absolute atomic E-state index is 10.6. The topological polar surface area (TPSA) is 17.1 Å². The second-order valence-corrected chi connectivity index (χ2v) is 1.83. The molecule has 2 heteroatoms. The molecule has 0 rings (SSSR count). The van der Waals surface area contributed by atoms with Crippen LogP contribution in [0.5, 0.6) is 0 Å². The van der Waals surface area contributed by atoms with Gasteiger partial charge >= 0.3 is 0 Å². The van der Waals surface area contributed by atoms with Crippen molar-refractivity contribution in [2.24, 2.45) is 0 Å². The number of hydrogen-bond donors (Lipinski definition) is 0. The maximum atomic E-state index is 10.6. The minimum Gasteiger partial charge on any atom is -0.334 e. The first-order valence-corrected chi connectivity index (χ1v) is 3.17. The molecule has 0 aliphatic rings. The van der Waals surface area contributed by atoms with Gasteiger partial charge in [0.05, 0.1) is 0 Å². The second-order valence-electron chi connectivity index (χ2n) is 1.83. The van der Waals surface area contributed by atoms with E-state index in [0.717, 1.165) is 12.8 Å². The van der Waals surface area contributed by atoms with Gasteiger partial charge in [0.1, 0.15) is 0 Å². The van der Waals surface area contributed by atoms with Gasteiger partial charge in [0.15, 0.2) is 0 Å². The molecule has 0 aromatic carbocycles. The summed E-state index contributed by atoms with van der Waals surface area (Å²) < 4.78 is 0. The number of Topliss-reactive ketones (excluding diaryl/α,β-unsaturated/α-hetero) is 1. The van der Waals surface area contributed by atoms with Crippen molar-refractivity contribution in [2.45, 2.75) is 33.1 Å². The van der Waals surface area contributed by atoms with Crippen LogP contribution in [-0.2, 0) is 37.5 Å². The van der Waals surface area contributed by atoms with Crippen molar-refractivity contribution in [3.05, 3.63) is 6.42 Å². The van der Waals surface area contributed by atoms with Gasteiger partial charge in [-0.3, -0.25) is 0 Å². The van der Waals surface area contributed by atoms with Crippen LogP contribution in [0.2, 0.25) is 0 Å². The van der Waals surface area contributed by atoms with Crippen molar-refractivity contribution in [1.82, 2.24) is 0 Å². The van der Waals surface area contributed by atoms with Crippen LogP contribution in [-0.4, -0.2) is 5.78 Å². The Bertz CT molecular complexity index is 63.3. The van der Waals surface area contributed by atoms with Crippen LogP contribution in [0, 0.1) is 6.42 Å². The van der Waals surface area contributed by atoms with Crippen LogP contribution >= 0.6 is 0 Å². The molecule has 0 aromatic rings. The standard InChI is InChI=1S/C7H13O.Y/c1-3-5-7(8)6-4-2;/h5H,3-4,6H2,1-2H3;/q-1;. The van der Waals surface area contributed by atoms with E-state index in [1.807, 2.05) is 13.8 Å². The number of ketones is 1. The molecule has 51 valence electrons. The molecule has 0 amide bonds. The average Bonchev–Trinajstić information content (AvgIpc) is 1.68. The van der Waals surface area contributed by atoms with Gasteiger partial charge in [-0.2, -0.15) is 6.42 Å². The van der Waals surface area contributed by atoms with E-state index in [2.05, 4.69) is 0 Å². The molecule has 0 aromatic heterocycles. The Hall–Kier alpha value is 0.644. The Balaban J connectivity index is 0. The fourth-order valence-corrected chi connectivity index (χ4v) is 0.576. The summed E-state index contributed by atoms with van der Waals surface area (Å²) in [4.78, 5) is 10.6. The summed E-state index contributed by atoms with van der Waals surface area (Å²) in [6, 6.07) is 0. The van der Waals surface area contributed by atoms with Gasteiger partial charge in [0, 0.05) is 32.7 Å². The van der Waals surface area contributed by atoms with Crippen molar-refractivity contribution in [1.29, 1.82) is 0 Å². The quantitative estimate of drug-likeness (QED) is 0.637. The first-order chi connectivity index (χ1) is 3.81. The van der Waals surface area contributed by atoms with E-state index in [0.29, 0.717) is 6.42 Å². The van der Waals surface area contributed by atoms with Crippen LogP contribution in [0.3, 0.4) is 0 Å². The fourth-order valence-electron chi connectivity index (χ4n) is 0.576. The summed E-state index contributed by atoms with van der Waals surface area (Å²) in [7, 11) is 0. The molecule has 0 heterocycles. The predicted molar refractivity (Wildman–Crippen MR) is 34.5 cm³/mol. The Labute approximate surface area is 82.5 Å². The molecule has 0 fully saturated rings. The summed E-state index contributed by atoms with van der Waals surface area (Å²) in [6.07, 6.45) is 4.30. The molecule has 0 aliphatic heterocycles. The maximum Gasteiger partial charge on any atom is 0 e. The SMILES string of the molecule is CC[CH-]C(=O)CCC.[Y]. The molecule has 1 radical (unpaired) electrons. The first kappa shape index (κ1) is 12.3. The summed E-state index contributed by atoms with van der Waals surface area (Å²) in [5.74, 6) is 0.287. The predicted octanol–water partition coefficient (Wildman–Crippen LogP) is 1.97. The van der Waals surface area contributed by atoms with Gasteiger partial charge in [-0.05, 0) is 12.2 Å². The Kier molecular flexibility index (Phi) is 11.8. The minimum absolute atomic E-state index is 0. The second kappa shape index (κ2) is 8.64. The molecule has 1 nitrogen and oxygen atoms in total. The zero-order valence-corrected chi connectivity index (χ0v) is 9.02. The van der Waals surface area contributed by atoms with Crippen LogP contribution < -0.4 is 0 Å². The number of carbonyl (C=O) groups is 1. The monoisotopic (exact) mass is 202 g/mol.